The predicted octanol–water partition coefficient (Wildman–Crippen LogP) is 4.22. The van der Waals surface area contributed by atoms with E-state index in [2.05, 4.69) is 0 Å². The maximum atomic E-state index is 12.3. The molecule has 1 aromatic heterocycles. The molecule has 0 spiro atoms. The number of hydrogen-bond acceptors (Lipinski definition) is 3. The van der Waals surface area contributed by atoms with Crippen molar-refractivity contribution < 1.29 is 8.42 Å². The average molecular weight is 342 g/mol. The first-order valence-corrected chi connectivity index (χ1v) is 9.23. The van der Waals surface area contributed by atoms with Crippen molar-refractivity contribution in [3.05, 3.63) is 62.6 Å². The van der Waals surface area contributed by atoms with Crippen molar-refractivity contribution in [1.29, 1.82) is 0 Å². The zero-order valence-electron chi connectivity index (χ0n) is 11.6. The average Bonchev–Trinajstić information content (AvgIpc) is 2.97. The van der Waals surface area contributed by atoms with Crippen LogP contribution in [0.25, 0.3) is 6.08 Å². The molecule has 0 saturated heterocycles. The van der Waals surface area contributed by atoms with Gasteiger partial charge in [-0.25, -0.2) is 8.42 Å². The van der Waals surface area contributed by atoms with Gasteiger partial charge < -0.3 is 0 Å². The summed E-state index contributed by atoms with van der Waals surface area (Å²) in [6, 6.07) is 10.9. The maximum absolute atomic E-state index is 12.3. The molecule has 21 heavy (non-hydrogen) atoms. The van der Waals surface area contributed by atoms with E-state index in [1.54, 1.807) is 41.7 Å². The molecule has 0 bridgehead atoms. The Balaban J connectivity index is 2.13. The maximum Gasteiger partial charge on any atom is 0.236 e. The zero-order chi connectivity index (χ0) is 15.3. The van der Waals surface area contributed by atoms with Gasteiger partial charge in [-0.2, -0.15) is 4.31 Å². The summed E-state index contributed by atoms with van der Waals surface area (Å²) in [7, 11) is -3.43. The van der Waals surface area contributed by atoms with E-state index in [1.807, 2.05) is 24.4 Å². The van der Waals surface area contributed by atoms with Gasteiger partial charge in [0.1, 0.15) is 0 Å². The van der Waals surface area contributed by atoms with E-state index >= 15 is 0 Å². The summed E-state index contributed by atoms with van der Waals surface area (Å²) in [4.78, 5) is 1.03. The molecule has 0 radical (unpaired) electrons. The Labute approximate surface area is 134 Å². The SMILES string of the molecule is CCN(Cc1cccs1)S(=O)(=O)/C=C/c1ccc(Cl)cc1. The van der Waals surface area contributed by atoms with Crippen LogP contribution in [0, 0.1) is 0 Å². The minimum absolute atomic E-state index is 0.404. The molecule has 1 heterocycles. The number of thiophene rings is 1. The molecule has 112 valence electrons. The molecule has 1 aromatic carbocycles. The lowest BCUT2D eigenvalue weighted by molar-refractivity contribution is 0.433. The van der Waals surface area contributed by atoms with E-state index in [0.29, 0.717) is 18.1 Å². The molecule has 0 aliphatic heterocycles. The number of rotatable bonds is 6. The minimum Gasteiger partial charge on any atom is -0.207 e. The lowest BCUT2D eigenvalue weighted by Crippen LogP contribution is -2.28. The van der Waals surface area contributed by atoms with Crippen LogP contribution in [-0.2, 0) is 16.6 Å². The molecule has 2 rings (SSSR count). The molecular weight excluding hydrogens is 326 g/mol. The van der Waals surface area contributed by atoms with Gasteiger partial charge in [-0.15, -0.1) is 11.3 Å². The standard InChI is InChI=1S/C15H16ClNO2S2/c1-2-17(12-15-4-3-10-20-15)21(18,19)11-9-13-5-7-14(16)8-6-13/h3-11H,2,12H2,1H3/b11-9+. The van der Waals surface area contributed by atoms with Gasteiger partial charge in [-0.1, -0.05) is 36.7 Å². The van der Waals surface area contributed by atoms with E-state index in [0.717, 1.165) is 10.4 Å². The monoisotopic (exact) mass is 341 g/mol. The predicted molar refractivity (Wildman–Crippen MR) is 89.8 cm³/mol. The zero-order valence-corrected chi connectivity index (χ0v) is 14.0. The van der Waals surface area contributed by atoms with Crippen LogP contribution in [0.15, 0.2) is 47.2 Å². The van der Waals surface area contributed by atoms with E-state index in [9.17, 15) is 8.42 Å². The first kappa shape index (κ1) is 16.2. The van der Waals surface area contributed by atoms with E-state index in [-0.39, 0.29) is 0 Å². The molecular formula is C15H16ClNO2S2. The van der Waals surface area contributed by atoms with Crippen LogP contribution in [0.3, 0.4) is 0 Å². The molecule has 0 aliphatic rings. The lowest BCUT2D eigenvalue weighted by atomic mass is 10.2. The van der Waals surface area contributed by atoms with Crippen LogP contribution < -0.4 is 0 Å². The molecule has 0 N–H and O–H groups in total. The second-order valence-corrected chi connectivity index (χ2v) is 7.69. The highest BCUT2D eigenvalue weighted by atomic mass is 35.5. The molecule has 3 nitrogen and oxygen atoms in total. The van der Waals surface area contributed by atoms with Gasteiger partial charge in [0.05, 0.1) is 0 Å². The Kier molecular flexibility index (Phi) is 5.58. The van der Waals surface area contributed by atoms with Crippen molar-refractivity contribution in [3.8, 4) is 0 Å². The third-order valence-electron chi connectivity index (χ3n) is 2.93. The molecule has 2 aromatic rings. The summed E-state index contributed by atoms with van der Waals surface area (Å²) < 4.78 is 26.1. The highest BCUT2D eigenvalue weighted by molar-refractivity contribution is 7.92. The Morgan fingerprint density at radius 3 is 2.52 bits per heavy atom. The van der Waals surface area contributed by atoms with Crippen LogP contribution in [0.1, 0.15) is 17.4 Å². The third-order valence-corrected chi connectivity index (χ3v) is 5.63. The third kappa shape index (κ3) is 4.68. The first-order chi connectivity index (χ1) is 10.0. The number of hydrogen-bond donors (Lipinski definition) is 0. The molecule has 0 atom stereocenters. The fourth-order valence-corrected chi connectivity index (χ4v) is 3.89. The molecule has 0 aliphatic carbocycles. The second kappa shape index (κ2) is 7.22. The van der Waals surface area contributed by atoms with Gasteiger partial charge in [0.2, 0.25) is 10.0 Å². The van der Waals surface area contributed by atoms with E-state index in [1.165, 1.54) is 9.71 Å². The van der Waals surface area contributed by atoms with Gasteiger partial charge >= 0.3 is 0 Å². The van der Waals surface area contributed by atoms with Crippen molar-refractivity contribution in [2.45, 2.75) is 13.5 Å². The van der Waals surface area contributed by atoms with Gasteiger partial charge in [-0.3, -0.25) is 0 Å². The number of nitrogens with zero attached hydrogens (tertiary/aromatic N) is 1. The molecule has 0 saturated carbocycles. The summed E-state index contributed by atoms with van der Waals surface area (Å²) in [6.45, 7) is 2.67. The van der Waals surface area contributed by atoms with Crippen LogP contribution in [0.5, 0.6) is 0 Å². The molecule has 0 fully saturated rings. The minimum atomic E-state index is -3.43. The number of benzene rings is 1. The van der Waals surface area contributed by atoms with Crippen molar-refractivity contribution in [1.82, 2.24) is 4.31 Å². The van der Waals surface area contributed by atoms with Crippen LogP contribution in [0.2, 0.25) is 5.02 Å². The number of halogens is 1. The smallest absolute Gasteiger partial charge is 0.207 e. The van der Waals surface area contributed by atoms with E-state index < -0.39 is 10.0 Å². The summed E-state index contributed by atoms with van der Waals surface area (Å²) >= 11 is 7.36. The second-order valence-electron chi connectivity index (χ2n) is 4.40. The summed E-state index contributed by atoms with van der Waals surface area (Å²) in [5.41, 5.74) is 0.801. The summed E-state index contributed by atoms with van der Waals surface area (Å²) in [5.74, 6) is 0. The fraction of sp³-hybridized carbons (Fsp3) is 0.200. The van der Waals surface area contributed by atoms with Gasteiger partial charge in [0.15, 0.2) is 0 Å². The summed E-state index contributed by atoms with van der Waals surface area (Å²) in [6.07, 6.45) is 1.59. The highest BCUT2D eigenvalue weighted by Crippen LogP contribution is 2.16. The van der Waals surface area contributed by atoms with Crippen molar-refractivity contribution in [3.63, 3.8) is 0 Å². The Morgan fingerprint density at radius 1 is 1.24 bits per heavy atom. The quantitative estimate of drug-likeness (QED) is 0.788. The van der Waals surface area contributed by atoms with Crippen LogP contribution in [-0.4, -0.2) is 19.3 Å². The normalized spacial score (nSPS) is 12.3. The fourth-order valence-electron chi connectivity index (χ4n) is 1.78. The van der Waals surface area contributed by atoms with Crippen LogP contribution >= 0.6 is 22.9 Å². The van der Waals surface area contributed by atoms with Gasteiger partial charge in [0.25, 0.3) is 0 Å². The Morgan fingerprint density at radius 2 is 1.95 bits per heavy atom. The highest BCUT2D eigenvalue weighted by Gasteiger charge is 2.17. The molecule has 0 unspecified atom stereocenters. The number of sulfonamides is 1. The van der Waals surface area contributed by atoms with Crippen molar-refractivity contribution >= 4 is 39.0 Å². The Hall–Kier alpha value is -1.14. The van der Waals surface area contributed by atoms with E-state index in [4.69, 9.17) is 11.6 Å². The van der Waals surface area contributed by atoms with Gasteiger partial charge in [0, 0.05) is 28.4 Å². The van der Waals surface area contributed by atoms with Crippen LogP contribution in [0.4, 0.5) is 0 Å². The van der Waals surface area contributed by atoms with Crippen molar-refractivity contribution in [2.24, 2.45) is 0 Å². The largest absolute Gasteiger partial charge is 0.236 e. The molecule has 6 heteroatoms. The molecule has 0 amide bonds. The summed E-state index contributed by atoms with van der Waals surface area (Å²) in [5, 5.41) is 3.81. The van der Waals surface area contributed by atoms with Gasteiger partial charge in [-0.05, 0) is 35.2 Å². The Bertz CT molecular complexity index is 692. The topological polar surface area (TPSA) is 37.4 Å². The lowest BCUT2D eigenvalue weighted by Gasteiger charge is -2.17. The first-order valence-electron chi connectivity index (χ1n) is 6.47. The van der Waals surface area contributed by atoms with Crippen molar-refractivity contribution in [2.75, 3.05) is 6.54 Å².